The number of pyridine rings is 1. The molecule has 1 aromatic carbocycles. The highest BCUT2D eigenvalue weighted by atomic mass is 35.5. The number of nitrogens with zero attached hydrogens (tertiary/aromatic N) is 2. The fraction of sp³-hybridized carbons (Fsp3) is 0.333. The van der Waals surface area contributed by atoms with Gasteiger partial charge in [0, 0.05) is 36.5 Å². The topological polar surface area (TPSA) is 45.2 Å². The average molecular weight is 330 g/mol. The number of hydrogen-bond acceptors (Lipinski definition) is 3. The van der Waals surface area contributed by atoms with Crippen LogP contribution >= 0.6 is 11.6 Å². The number of carbonyl (C=O) groups excluding carboxylic acids is 1. The molecule has 23 heavy (non-hydrogen) atoms. The Bertz CT molecular complexity index is 666. The van der Waals surface area contributed by atoms with E-state index in [1.807, 2.05) is 36.4 Å². The van der Waals surface area contributed by atoms with Crippen LogP contribution in [-0.2, 0) is 6.42 Å². The van der Waals surface area contributed by atoms with Crippen molar-refractivity contribution in [2.45, 2.75) is 19.3 Å². The summed E-state index contributed by atoms with van der Waals surface area (Å²) in [7, 11) is 0. The fourth-order valence-corrected chi connectivity index (χ4v) is 2.90. The van der Waals surface area contributed by atoms with E-state index in [4.69, 9.17) is 11.6 Å². The highest BCUT2D eigenvalue weighted by Gasteiger charge is 2.14. The predicted molar refractivity (Wildman–Crippen MR) is 93.2 cm³/mol. The van der Waals surface area contributed by atoms with Crippen LogP contribution in [-0.4, -0.2) is 30.5 Å². The highest BCUT2D eigenvalue weighted by molar-refractivity contribution is 6.30. The minimum atomic E-state index is -0.125. The number of halogens is 1. The van der Waals surface area contributed by atoms with E-state index in [9.17, 15) is 4.79 Å². The monoisotopic (exact) mass is 329 g/mol. The van der Waals surface area contributed by atoms with Crippen molar-refractivity contribution in [3.63, 3.8) is 0 Å². The SMILES string of the molecule is O=C(NCCc1ccc(Cl)cc1)c1cc(N2CCCC2)ccn1. The standard InChI is InChI=1S/C18H20ClN3O/c19-15-5-3-14(4-6-15)7-9-21-18(23)17-13-16(8-10-20-17)22-11-1-2-12-22/h3-6,8,10,13H,1-2,7,9,11-12H2,(H,21,23). The first-order valence-electron chi connectivity index (χ1n) is 7.96. The van der Waals surface area contributed by atoms with E-state index in [0.717, 1.165) is 35.8 Å². The molecule has 1 N–H and O–H groups in total. The van der Waals surface area contributed by atoms with E-state index in [1.54, 1.807) is 6.20 Å². The third-order valence-corrected chi connectivity index (χ3v) is 4.31. The first-order chi connectivity index (χ1) is 11.2. The van der Waals surface area contributed by atoms with Crippen LogP contribution in [0.3, 0.4) is 0 Å². The van der Waals surface area contributed by atoms with Gasteiger partial charge in [0.05, 0.1) is 0 Å². The van der Waals surface area contributed by atoms with Gasteiger partial charge >= 0.3 is 0 Å². The van der Waals surface area contributed by atoms with Crippen LogP contribution in [0.1, 0.15) is 28.9 Å². The molecule has 1 aromatic heterocycles. The molecule has 2 aromatic rings. The molecule has 0 unspecified atom stereocenters. The van der Waals surface area contributed by atoms with E-state index in [1.165, 1.54) is 12.8 Å². The zero-order valence-corrected chi connectivity index (χ0v) is 13.7. The molecule has 4 nitrogen and oxygen atoms in total. The van der Waals surface area contributed by atoms with Gasteiger partial charge in [0.1, 0.15) is 5.69 Å². The summed E-state index contributed by atoms with van der Waals surface area (Å²) < 4.78 is 0. The summed E-state index contributed by atoms with van der Waals surface area (Å²) in [6.45, 7) is 2.69. The van der Waals surface area contributed by atoms with E-state index in [0.29, 0.717) is 12.2 Å². The molecule has 1 aliphatic rings. The fourth-order valence-electron chi connectivity index (χ4n) is 2.78. The van der Waals surface area contributed by atoms with Gasteiger partial charge in [0.25, 0.3) is 5.91 Å². The van der Waals surface area contributed by atoms with Crippen molar-refractivity contribution in [2.24, 2.45) is 0 Å². The Hall–Kier alpha value is -2.07. The van der Waals surface area contributed by atoms with Crippen LogP contribution in [0.2, 0.25) is 5.02 Å². The van der Waals surface area contributed by atoms with Crippen molar-refractivity contribution in [2.75, 3.05) is 24.5 Å². The van der Waals surface area contributed by atoms with Crippen LogP contribution in [0.4, 0.5) is 5.69 Å². The van der Waals surface area contributed by atoms with E-state index < -0.39 is 0 Å². The summed E-state index contributed by atoms with van der Waals surface area (Å²) in [5, 5.41) is 3.65. The molecule has 1 aliphatic heterocycles. The number of hydrogen-bond donors (Lipinski definition) is 1. The summed E-state index contributed by atoms with van der Waals surface area (Å²) >= 11 is 5.86. The van der Waals surface area contributed by atoms with Crippen molar-refractivity contribution >= 4 is 23.2 Å². The number of carbonyl (C=O) groups is 1. The van der Waals surface area contributed by atoms with Crippen molar-refractivity contribution in [1.82, 2.24) is 10.3 Å². The van der Waals surface area contributed by atoms with Gasteiger partial charge in [0.2, 0.25) is 0 Å². The molecular formula is C18H20ClN3O. The zero-order valence-electron chi connectivity index (χ0n) is 13.0. The summed E-state index contributed by atoms with van der Waals surface area (Å²) in [6, 6.07) is 11.5. The molecule has 120 valence electrons. The van der Waals surface area contributed by atoms with Crippen molar-refractivity contribution in [3.05, 3.63) is 58.9 Å². The maximum absolute atomic E-state index is 12.2. The molecule has 0 saturated carbocycles. The second-order valence-corrected chi connectivity index (χ2v) is 6.16. The molecule has 0 atom stereocenters. The average Bonchev–Trinajstić information content (AvgIpc) is 3.11. The lowest BCUT2D eigenvalue weighted by atomic mass is 10.1. The molecule has 1 amide bonds. The molecular weight excluding hydrogens is 310 g/mol. The van der Waals surface area contributed by atoms with Crippen molar-refractivity contribution < 1.29 is 4.79 Å². The first-order valence-corrected chi connectivity index (χ1v) is 8.34. The van der Waals surface area contributed by atoms with Gasteiger partial charge in [-0.15, -0.1) is 0 Å². The molecule has 5 heteroatoms. The summed E-state index contributed by atoms with van der Waals surface area (Å²) in [4.78, 5) is 18.7. The van der Waals surface area contributed by atoms with Crippen LogP contribution in [0.15, 0.2) is 42.6 Å². The smallest absolute Gasteiger partial charge is 0.269 e. The lowest BCUT2D eigenvalue weighted by molar-refractivity contribution is 0.0949. The normalized spacial score (nSPS) is 14.0. The van der Waals surface area contributed by atoms with Gasteiger partial charge in [-0.25, -0.2) is 0 Å². The molecule has 0 spiro atoms. The maximum atomic E-state index is 12.2. The second-order valence-electron chi connectivity index (χ2n) is 5.73. The van der Waals surface area contributed by atoms with Gasteiger partial charge in [-0.2, -0.15) is 0 Å². The highest BCUT2D eigenvalue weighted by Crippen LogP contribution is 2.20. The Balaban J connectivity index is 1.55. The number of anilines is 1. The van der Waals surface area contributed by atoms with Gasteiger partial charge in [-0.1, -0.05) is 23.7 Å². The summed E-state index contributed by atoms with van der Waals surface area (Å²) in [5.41, 5.74) is 2.71. The van der Waals surface area contributed by atoms with E-state index in [-0.39, 0.29) is 5.91 Å². The quantitative estimate of drug-likeness (QED) is 0.915. The lowest BCUT2D eigenvalue weighted by Crippen LogP contribution is -2.27. The van der Waals surface area contributed by atoms with Crippen molar-refractivity contribution in [3.8, 4) is 0 Å². The minimum Gasteiger partial charge on any atom is -0.371 e. The number of nitrogens with one attached hydrogen (secondary N) is 1. The molecule has 0 aliphatic carbocycles. The van der Waals surface area contributed by atoms with Crippen LogP contribution < -0.4 is 10.2 Å². The minimum absolute atomic E-state index is 0.125. The molecule has 1 saturated heterocycles. The van der Waals surface area contributed by atoms with E-state index in [2.05, 4.69) is 15.2 Å². The molecule has 0 radical (unpaired) electrons. The lowest BCUT2D eigenvalue weighted by Gasteiger charge is -2.17. The Morgan fingerprint density at radius 1 is 1.17 bits per heavy atom. The molecule has 2 heterocycles. The molecule has 3 rings (SSSR count). The number of benzene rings is 1. The maximum Gasteiger partial charge on any atom is 0.269 e. The first kappa shape index (κ1) is 15.8. The Morgan fingerprint density at radius 3 is 2.65 bits per heavy atom. The van der Waals surface area contributed by atoms with Crippen LogP contribution in [0.25, 0.3) is 0 Å². The van der Waals surface area contributed by atoms with Crippen molar-refractivity contribution in [1.29, 1.82) is 0 Å². The van der Waals surface area contributed by atoms with Crippen LogP contribution in [0.5, 0.6) is 0 Å². The largest absolute Gasteiger partial charge is 0.371 e. The Labute approximate surface area is 141 Å². The Morgan fingerprint density at radius 2 is 1.91 bits per heavy atom. The van der Waals surface area contributed by atoms with Crippen LogP contribution in [0, 0.1) is 0 Å². The van der Waals surface area contributed by atoms with Gasteiger partial charge in [0.15, 0.2) is 0 Å². The summed E-state index contributed by atoms with van der Waals surface area (Å²) in [5.74, 6) is -0.125. The molecule has 0 bridgehead atoms. The molecule has 1 fully saturated rings. The second kappa shape index (κ2) is 7.47. The third-order valence-electron chi connectivity index (χ3n) is 4.06. The number of amides is 1. The predicted octanol–water partition coefficient (Wildman–Crippen LogP) is 3.31. The third kappa shape index (κ3) is 4.23. The van der Waals surface area contributed by atoms with Gasteiger partial charge in [-0.3, -0.25) is 9.78 Å². The zero-order chi connectivity index (χ0) is 16.1. The number of rotatable bonds is 5. The number of aromatic nitrogens is 1. The Kier molecular flexibility index (Phi) is 5.13. The van der Waals surface area contributed by atoms with Gasteiger partial charge < -0.3 is 10.2 Å². The van der Waals surface area contributed by atoms with Gasteiger partial charge in [-0.05, 0) is 49.1 Å². The summed E-state index contributed by atoms with van der Waals surface area (Å²) in [6.07, 6.45) is 4.91. The van der Waals surface area contributed by atoms with E-state index >= 15 is 0 Å².